The minimum Gasteiger partial charge on any atom is -0.395 e. The van der Waals surface area contributed by atoms with Gasteiger partial charge in [-0.2, -0.15) is 0 Å². The van der Waals surface area contributed by atoms with Gasteiger partial charge < -0.3 is 10.4 Å². The van der Waals surface area contributed by atoms with E-state index in [-0.39, 0.29) is 6.61 Å². The fraction of sp³-hybridized carbons (Fsp3) is 0.714. The average Bonchev–Trinajstić information content (AvgIpc) is 2.44. The van der Waals surface area contributed by atoms with Crippen LogP contribution in [0, 0.1) is 5.92 Å². The number of nitrogens with zero attached hydrogens (tertiary/aromatic N) is 2. The van der Waals surface area contributed by atoms with Crippen LogP contribution in [0.5, 0.6) is 0 Å². The molecule has 3 rings (SSSR count). The highest BCUT2D eigenvalue weighted by atomic mass is 16.3. The number of anilines is 1. The van der Waals surface area contributed by atoms with E-state index >= 15 is 0 Å². The third kappa shape index (κ3) is 2.09. The van der Waals surface area contributed by atoms with Crippen molar-refractivity contribution in [3.05, 3.63) is 17.6 Å². The Morgan fingerprint density at radius 3 is 3.00 bits per heavy atom. The quantitative estimate of drug-likeness (QED) is 0.859. The van der Waals surface area contributed by atoms with Crippen molar-refractivity contribution >= 4 is 5.82 Å². The molecule has 1 aromatic rings. The number of hydrogen-bond acceptors (Lipinski definition) is 4. The lowest BCUT2D eigenvalue weighted by molar-refractivity contribution is 0.270. The lowest BCUT2D eigenvalue weighted by Gasteiger charge is -2.36. The van der Waals surface area contributed by atoms with Gasteiger partial charge in [-0.15, -0.1) is 0 Å². The second kappa shape index (κ2) is 5.22. The Kier molecular flexibility index (Phi) is 3.46. The Labute approximate surface area is 108 Å². The zero-order valence-electron chi connectivity index (χ0n) is 10.7. The summed E-state index contributed by atoms with van der Waals surface area (Å²) in [6.07, 6.45) is 9.42. The minimum absolute atomic E-state index is 0.144. The van der Waals surface area contributed by atoms with Gasteiger partial charge >= 0.3 is 0 Å². The van der Waals surface area contributed by atoms with Gasteiger partial charge in [0.1, 0.15) is 12.1 Å². The molecule has 0 aromatic carbocycles. The van der Waals surface area contributed by atoms with Gasteiger partial charge in [-0.05, 0) is 31.6 Å². The SMILES string of the molecule is OCCNc1ncnc2c1CC[C@H]1CCCC[C@H]21. The highest BCUT2D eigenvalue weighted by Crippen LogP contribution is 2.45. The molecule has 2 aliphatic carbocycles. The van der Waals surface area contributed by atoms with E-state index in [0.717, 1.165) is 18.2 Å². The summed E-state index contributed by atoms with van der Waals surface area (Å²) < 4.78 is 0. The molecular formula is C14H21N3O. The van der Waals surface area contributed by atoms with Crippen molar-refractivity contribution in [1.82, 2.24) is 9.97 Å². The van der Waals surface area contributed by atoms with Crippen molar-refractivity contribution in [2.24, 2.45) is 5.92 Å². The highest BCUT2D eigenvalue weighted by Gasteiger charge is 2.33. The van der Waals surface area contributed by atoms with E-state index < -0.39 is 0 Å². The Morgan fingerprint density at radius 1 is 1.22 bits per heavy atom. The van der Waals surface area contributed by atoms with Crippen molar-refractivity contribution in [2.75, 3.05) is 18.5 Å². The summed E-state index contributed by atoms with van der Waals surface area (Å²) in [5.41, 5.74) is 2.58. The van der Waals surface area contributed by atoms with E-state index in [1.165, 1.54) is 43.4 Å². The van der Waals surface area contributed by atoms with Crippen LogP contribution >= 0.6 is 0 Å². The number of fused-ring (bicyclic) bond motifs is 3. The van der Waals surface area contributed by atoms with Gasteiger partial charge in [0.05, 0.1) is 12.3 Å². The zero-order valence-corrected chi connectivity index (χ0v) is 10.7. The summed E-state index contributed by atoms with van der Waals surface area (Å²) in [5.74, 6) is 2.44. The monoisotopic (exact) mass is 247 g/mol. The Morgan fingerprint density at radius 2 is 2.11 bits per heavy atom. The van der Waals surface area contributed by atoms with Crippen molar-refractivity contribution in [3.63, 3.8) is 0 Å². The van der Waals surface area contributed by atoms with Crippen LogP contribution in [0.4, 0.5) is 5.82 Å². The third-order valence-corrected chi connectivity index (χ3v) is 4.41. The van der Waals surface area contributed by atoms with Crippen LogP contribution in [0.15, 0.2) is 6.33 Å². The lowest BCUT2D eigenvalue weighted by atomic mass is 9.70. The summed E-state index contributed by atoms with van der Waals surface area (Å²) in [5, 5.41) is 12.1. The number of nitrogens with one attached hydrogen (secondary N) is 1. The van der Waals surface area contributed by atoms with E-state index in [1.54, 1.807) is 6.33 Å². The minimum atomic E-state index is 0.144. The van der Waals surface area contributed by atoms with Gasteiger partial charge in [0.2, 0.25) is 0 Å². The predicted molar refractivity (Wildman–Crippen MR) is 70.6 cm³/mol. The first kappa shape index (κ1) is 11.9. The van der Waals surface area contributed by atoms with Gasteiger partial charge in [0.25, 0.3) is 0 Å². The molecule has 0 bridgehead atoms. The normalized spacial score (nSPS) is 26.3. The maximum Gasteiger partial charge on any atom is 0.132 e. The molecule has 1 fully saturated rings. The first-order valence-electron chi connectivity index (χ1n) is 7.08. The average molecular weight is 247 g/mol. The number of aromatic nitrogens is 2. The van der Waals surface area contributed by atoms with Crippen LogP contribution in [0.3, 0.4) is 0 Å². The maximum atomic E-state index is 8.91. The molecule has 98 valence electrons. The van der Waals surface area contributed by atoms with Gasteiger partial charge in [0, 0.05) is 18.0 Å². The topological polar surface area (TPSA) is 58.0 Å². The number of hydrogen-bond donors (Lipinski definition) is 2. The van der Waals surface area contributed by atoms with Crippen LogP contribution in [-0.2, 0) is 6.42 Å². The first-order chi connectivity index (χ1) is 8.90. The molecule has 2 atom stereocenters. The van der Waals surface area contributed by atoms with Crippen LogP contribution in [0.2, 0.25) is 0 Å². The van der Waals surface area contributed by atoms with Crippen LogP contribution < -0.4 is 5.32 Å². The van der Waals surface area contributed by atoms with Gasteiger partial charge in [-0.1, -0.05) is 12.8 Å². The molecule has 18 heavy (non-hydrogen) atoms. The maximum absolute atomic E-state index is 8.91. The molecule has 1 saturated carbocycles. The fourth-order valence-electron chi connectivity index (χ4n) is 3.56. The standard InChI is InChI=1S/C14H21N3O/c18-8-7-15-14-12-6-5-10-3-1-2-4-11(10)13(12)16-9-17-14/h9-11,18H,1-8H2,(H,15,16,17)/t10-,11+/m1/s1. The third-order valence-electron chi connectivity index (χ3n) is 4.41. The molecule has 4 nitrogen and oxygen atoms in total. The number of rotatable bonds is 3. The van der Waals surface area contributed by atoms with Gasteiger partial charge in [-0.3, -0.25) is 0 Å². The van der Waals surface area contributed by atoms with E-state index in [9.17, 15) is 0 Å². The molecule has 1 heterocycles. The molecule has 0 spiro atoms. The smallest absolute Gasteiger partial charge is 0.132 e. The number of aliphatic hydroxyl groups excluding tert-OH is 1. The highest BCUT2D eigenvalue weighted by molar-refractivity contribution is 5.48. The predicted octanol–water partition coefficient (Wildman–Crippen LogP) is 2.10. The van der Waals surface area contributed by atoms with E-state index in [4.69, 9.17) is 5.11 Å². The molecule has 2 N–H and O–H groups in total. The summed E-state index contributed by atoms with van der Waals surface area (Å²) >= 11 is 0. The molecule has 4 heteroatoms. The molecule has 0 radical (unpaired) electrons. The van der Waals surface area contributed by atoms with Gasteiger partial charge in [-0.25, -0.2) is 9.97 Å². The van der Waals surface area contributed by atoms with Crippen LogP contribution in [0.25, 0.3) is 0 Å². The molecule has 2 aliphatic rings. The summed E-state index contributed by atoms with van der Waals surface area (Å²) in [7, 11) is 0. The molecule has 0 aliphatic heterocycles. The van der Waals surface area contributed by atoms with E-state index in [2.05, 4.69) is 15.3 Å². The summed E-state index contributed by atoms with van der Waals surface area (Å²) in [6, 6.07) is 0. The van der Waals surface area contributed by atoms with Crippen molar-refractivity contribution < 1.29 is 5.11 Å². The van der Waals surface area contributed by atoms with E-state index in [0.29, 0.717) is 12.5 Å². The second-order valence-electron chi connectivity index (χ2n) is 5.43. The summed E-state index contributed by atoms with van der Waals surface area (Å²) in [6.45, 7) is 0.711. The Bertz CT molecular complexity index is 422. The van der Waals surface area contributed by atoms with Crippen molar-refractivity contribution in [1.29, 1.82) is 0 Å². The molecule has 1 aromatic heterocycles. The molecule has 0 saturated heterocycles. The Hall–Kier alpha value is -1.16. The molecular weight excluding hydrogens is 226 g/mol. The van der Waals surface area contributed by atoms with Crippen LogP contribution in [0.1, 0.15) is 49.3 Å². The zero-order chi connectivity index (χ0) is 12.4. The largest absolute Gasteiger partial charge is 0.395 e. The van der Waals surface area contributed by atoms with E-state index in [1.807, 2.05) is 0 Å². The molecule has 0 amide bonds. The lowest BCUT2D eigenvalue weighted by Crippen LogP contribution is -2.26. The van der Waals surface area contributed by atoms with Crippen LogP contribution in [-0.4, -0.2) is 28.2 Å². The Balaban J connectivity index is 1.89. The second-order valence-corrected chi connectivity index (χ2v) is 5.43. The fourth-order valence-corrected chi connectivity index (χ4v) is 3.56. The van der Waals surface area contributed by atoms with Gasteiger partial charge in [0.15, 0.2) is 0 Å². The van der Waals surface area contributed by atoms with Crippen molar-refractivity contribution in [2.45, 2.75) is 44.4 Å². The van der Waals surface area contributed by atoms with Crippen molar-refractivity contribution in [3.8, 4) is 0 Å². The molecule has 0 unspecified atom stereocenters. The summed E-state index contributed by atoms with van der Waals surface area (Å²) in [4.78, 5) is 8.89. The number of aliphatic hydroxyl groups is 1. The first-order valence-corrected chi connectivity index (χ1v) is 7.08.